The summed E-state index contributed by atoms with van der Waals surface area (Å²) >= 11 is 0. The number of amides is 1. The standard InChI is InChI=1S/C22H19F3N2O3/c1-11-4-14(8-15(23)5-11)19-10-18(20(28)22(30)27(19)3)21(29)26-12(2)13-6-16(24)9-17(25)7-13/h4-10,12,28H,1-3H3,(H,26,29). The summed E-state index contributed by atoms with van der Waals surface area (Å²) in [6.45, 7) is 3.18. The summed E-state index contributed by atoms with van der Waals surface area (Å²) < 4.78 is 41.8. The number of carbonyl (C=O) groups is 1. The zero-order chi connectivity index (χ0) is 22.2. The molecule has 5 nitrogen and oxygen atoms in total. The van der Waals surface area contributed by atoms with Gasteiger partial charge in [-0.2, -0.15) is 0 Å². The SMILES string of the molecule is Cc1cc(F)cc(-c2cc(C(=O)NC(C)c3cc(F)cc(F)c3)c(O)c(=O)n2C)c1. The largest absolute Gasteiger partial charge is 0.502 e. The molecular formula is C22H19F3N2O3. The minimum absolute atomic E-state index is 0.171. The van der Waals surface area contributed by atoms with Crippen molar-refractivity contribution >= 4 is 5.91 Å². The Labute approximate surface area is 170 Å². The molecule has 30 heavy (non-hydrogen) atoms. The molecule has 1 amide bonds. The second-order valence-electron chi connectivity index (χ2n) is 7.07. The number of pyridine rings is 1. The highest BCUT2D eigenvalue weighted by atomic mass is 19.1. The highest BCUT2D eigenvalue weighted by molar-refractivity contribution is 5.98. The number of hydrogen-bond acceptors (Lipinski definition) is 3. The maximum atomic E-state index is 13.8. The monoisotopic (exact) mass is 416 g/mol. The van der Waals surface area contributed by atoms with Crippen LogP contribution in [0.25, 0.3) is 11.3 Å². The normalized spacial score (nSPS) is 11.9. The van der Waals surface area contributed by atoms with Gasteiger partial charge in [0, 0.05) is 18.7 Å². The molecule has 2 aromatic carbocycles. The van der Waals surface area contributed by atoms with Crippen LogP contribution >= 0.6 is 0 Å². The first-order valence-corrected chi connectivity index (χ1v) is 9.04. The number of aryl methyl sites for hydroxylation is 1. The van der Waals surface area contributed by atoms with E-state index in [1.807, 2.05) is 0 Å². The number of aromatic hydroxyl groups is 1. The molecule has 1 heterocycles. The van der Waals surface area contributed by atoms with E-state index < -0.39 is 40.7 Å². The lowest BCUT2D eigenvalue weighted by molar-refractivity contribution is 0.0936. The minimum Gasteiger partial charge on any atom is -0.502 e. The first-order valence-electron chi connectivity index (χ1n) is 9.04. The van der Waals surface area contributed by atoms with E-state index in [-0.39, 0.29) is 16.8 Å². The van der Waals surface area contributed by atoms with Gasteiger partial charge in [0.2, 0.25) is 0 Å². The topological polar surface area (TPSA) is 71.3 Å². The van der Waals surface area contributed by atoms with E-state index in [9.17, 15) is 27.9 Å². The lowest BCUT2D eigenvalue weighted by Gasteiger charge is -2.17. The van der Waals surface area contributed by atoms with Crippen LogP contribution in [0.3, 0.4) is 0 Å². The highest BCUT2D eigenvalue weighted by Gasteiger charge is 2.21. The van der Waals surface area contributed by atoms with E-state index in [0.29, 0.717) is 17.2 Å². The molecule has 1 atom stereocenters. The summed E-state index contributed by atoms with van der Waals surface area (Å²) in [5.74, 6) is -3.72. The van der Waals surface area contributed by atoms with Crippen LogP contribution < -0.4 is 10.9 Å². The Hall–Kier alpha value is -3.55. The molecule has 3 aromatic rings. The van der Waals surface area contributed by atoms with Crippen molar-refractivity contribution in [3.63, 3.8) is 0 Å². The quantitative estimate of drug-likeness (QED) is 0.676. The maximum absolute atomic E-state index is 13.8. The van der Waals surface area contributed by atoms with Crippen molar-refractivity contribution in [1.82, 2.24) is 9.88 Å². The Morgan fingerprint density at radius 3 is 2.20 bits per heavy atom. The summed E-state index contributed by atoms with van der Waals surface area (Å²) in [5, 5.41) is 12.7. The third-order valence-corrected chi connectivity index (χ3v) is 4.72. The van der Waals surface area contributed by atoms with E-state index in [4.69, 9.17) is 0 Å². The van der Waals surface area contributed by atoms with Gasteiger partial charge in [-0.15, -0.1) is 0 Å². The van der Waals surface area contributed by atoms with Crippen molar-refractivity contribution in [2.24, 2.45) is 7.05 Å². The van der Waals surface area contributed by atoms with Crippen LogP contribution in [0.2, 0.25) is 0 Å². The molecule has 0 aliphatic heterocycles. The first kappa shape index (κ1) is 21.2. The zero-order valence-electron chi connectivity index (χ0n) is 16.5. The van der Waals surface area contributed by atoms with Gasteiger partial charge in [0.25, 0.3) is 11.5 Å². The maximum Gasteiger partial charge on any atom is 0.293 e. The van der Waals surface area contributed by atoms with Gasteiger partial charge in [-0.3, -0.25) is 9.59 Å². The smallest absolute Gasteiger partial charge is 0.293 e. The molecule has 0 fully saturated rings. The van der Waals surface area contributed by atoms with Gasteiger partial charge in [-0.05, 0) is 61.4 Å². The van der Waals surface area contributed by atoms with Crippen LogP contribution in [-0.4, -0.2) is 15.6 Å². The van der Waals surface area contributed by atoms with E-state index in [1.54, 1.807) is 13.0 Å². The van der Waals surface area contributed by atoms with Crippen molar-refractivity contribution in [3.05, 3.63) is 87.0 Å². The van der Waals surface area contributed by atoms with Crippen LogP contribution in [-0.2, 0) is 7.05 Å². The molecule has 2 N–H and O–H groups in total. The Morgan fingerprint density at radius 2 is 1.60 bits per heavy atom. The van der Waals surface area contributed by atoms with E-state index in [1.165, 1.54) is 32.2 Å². The minimum atomic E-state index is -0.844. The third kappa shape index (κ3) is 4.22. The molecule has 156 valence electrons. The predicted octanol–water partition coefficient (Wildman–Crippen LogP) is 3.97. The Kier molecular flexibility index (Phi) is 5.69. The van der Waals surface area contributed by atoms with E-state index >= 15 is 0 Å². The number of aromatic nitrogens is 1. The number of carbonyl (C=O) groups excluding carboxylic acids is 1. The fourth-order valence-corrected chi connectivity index (χ4v) is 3.20. The van der Waals surface area contributed by atoms with Crippen LogP contribution in [0.1, 0.15) is 34.5 Å². The van der Waals surface area contributed by atoms with Crippen molar-refractivity contribution in [2.75, 3.05) is 0 Å². The summed E-state index contributed by atoms with van der Waals surface area (Å²) in [6, 6.07) is 7.45. The Bertz CT molecular complexity index is 1160. The van der Waals surface area contributed by atoms with E-state index in [0.717, 1.165) is 16.7 Å². The molecule has 1 aromatic heterocycles. The molecule has 0 spiro atoms. The Morgan fingerprint density at radius 1 is 1.00 bits per heavy atom. The fourth-order valence-electron chi connectivity index (χ4n) is 3.20. The highest BCUT2D eigenvalue weighted by Crippen LogP contribution is 2.25. The fraction of sp³-hybridized carbons (Fsp3) is 0.182. The molecule has 1 unspecified atom stereocenters. The Balaban J connectivity index is 2.02. The molecule has 0 bridgehead atoms. The summed E-state index contributed by atoms with van der Waals surface area (Å²) in [4.78, 5) is 25.2. The molecule has 0 aliphatic carbocycles. The van der Waals surface area contributed by atoms with Gasteiger partial charge in [-0.25, -0.2) is 13.2 Å². The van der Waals surface area contributed by atoms with Crippen molar-refractivity contribution < 1.29 is 23.1 Å². The van der Waals surface area contributed by atoms with E-state index in [2.05, 4.69) is 5.32 Å². The number of hydrogen-bond donors (Lipinski definition) is 2. The van der Waals surface area contributed by atoms with Crippen LogP contribution in [0, 0.1) is 24.4 Å². The van der Waals surface area contributed by atoms with Crippen molar-refractivity contribution in [1.29, 1.82) is 0 Å². The molecular weight excluding hydrogens is 397 g/mol. The average Bonchev–Trinajstić information content (AvgIpc) is 2.64. The van der Waals surface area contributed by atoms with Gasteiger partial charge in [-0.1, -0.05) is 0 Å². The van der Waals surface area contributed by atoms with Gasteiger partial charge < -0.3 is 15.0 Å². The van der Waals surface area contributed by atoms with Crippen LogP contribution in [0.15, 0.2) is 47.3 Å². The lowest BCUT2D eigenvalue weighted by Crippen LogP contribution is -2.29. The third-order valence-electron chi connectivity index (χ3n) is 4.72. The number of rotatable bonds is 4. The molecule has 0 radical (unpaired) electrons. The molecule has 0 aliphatic rings. The molecule has 8 heteroatoms. The second-order valence-corrected chi connectivity index (χ2v) is 7.07. The predicted molar refractivity (Wildman–Crippen MR) is 106 cm³/mol. The number of benzene rings is 2. The number of nitrogens with one attached hydrogen (secondary N) is 1. The first-order chi connectivity index (χ1) is 14.1. The van der Waals surface area contributed by atoms with Crippen LogP contribution in [0.4, 0.5) is 13.2 Å². The van der Waals surface area contributed by atoms with Gasteiger partial charge in [0.05, 0.1) is 17.3 Å². The molecule has 0 saturated carbocycles. The van der Waals surface area contributed by atoms with Gasteiger partial charge >= 0.3 is 0 Å². The van der Waals surface area contributed by atoms with Gasteiger partial charge in [0.15, 0.2) is 5.75 Å². The molecule has 0 saturated heterocycles. The van der Waals surface area contributed by atoms with Crippen molar-refractivity contribution in [2.45, 2.75) is 19.9 Å². The van der Waals surface area contributed by atoms with Gasteiger partial charge in [0.1, 0.15) is 17.5 Å². The summed E-state index contributed by atoms with van der Waals surface area (Å²) in [6.07, 6.45) is 0. The summed E-state index contributed by atoms with van der Waals surface area (Å²) in [7, 11) is 1.39. The number of halogens is 3. The zero-order valence-corrected chi connectivity index (χ0v) is 16.5. The second kappa shape index (κ2) is 8.06. The lowest BCUT2D eigenvalue weighted by atomic mass is 10.0. The van der Waals surface area contributed by atoms with Crippen molar-refractivity contribution in [3.8, 4) is 17.0 Å². The number of nitrogens with zero attached hydrogens (tertiary/aromatic N) is 1. The summed E-state index contributed by atoms with van der Waals surface area (Å²) in [5.41, 5.74) is 0.169. The van der Waals surface area contributed by atoms with Crippen LogP contribution in [0.5, 0.6) is 5.75 Å². The molecule has 3 rings (SSSR count). The average molecular weight is 416 g/mol.